The van der Waals surface area contributed by atoms with Crippen LogP contribution in [0.25, 0.3) is 10.1 Å². The standard InChI is InChI=1S/C12H13NO3S/c1-2-8(7-11(14)15)13-12(16)9-5-3-4-6-10(9)17-13/h3-6,8H,2,7H2,1H3,(H,14,15). The Kier molecular flexibility index (Phi) is 3.28. The number of aliphatic carboxylic acids is 1. The first kappa shape index (κ1) is 11.9. The second kappa shape index (κ2) is 4.71. The van der Waals surface area contributed by atoms with Crippen molar-refractivity contribution >= 4 is 27.6 Å². The lowest BCUT2D eigenvalue weighted by atomic mass is 10.1. The minimum Gasteiger partial charge on any atom is -0.481 e. The molecule has 1 atom stereocenters. The minimum absolute atomic E-state index is 0.0107. The number of carboxylic acid groups (broad SMARTS) is 1. The third-order valence-electron chi connectivity index (χ3n) is 2.73. The van der Waals surface area contributed by atoms with Gasteiger partial charge in [-0.2, -0.15) is 0 Å². The highest BCUT2D eigenvalue weighted by molar-refractivity contribution is 7.13. The molecule has 0 amide bonds. The number of benzene rings is 1. The molecule has 2 rings (SSSR count). The summed E-state index contributed by atoms with van der Waals surface area (Å²) >= 11 is 1.34. The van der Waals surface area contributed by atoms with Gasteiger partial charge in [0.1, 0.15) is 0 Å². The molecule has 0 fully saturated rings. The van der Waals surface area contributed by atoms with Crippen molar-refractivity contribution in [2.45, 2.75) is 25.8 Å². The summed E-state index contributed by atoms with van der Waals surface area (Å²) < 4.78 is 2.49. The molecule has 0 aliphatic heterocycles. The number of hydrogen-bond donors (Lipinski definition) is 1. The number of hydrogen-bond acceptors (Lipinski definition) is 3. The van der Waals surface area contributed by atoms with Gasteiger partial charge in [0.2, 0.25) is 0 Å². The molecule has 0 spiro atoms. The second-order valence-electron chi connectivity index (χ2n) is 3.88. The highest BCUT2D eigenvalue weighted by Gasteiger charge is 2.17. The van der Waals surface area contributed by atoms with Crippen molar-refractivity contribution in [2.24, 2.45) is 0 Å². The van der Waals surface area contributed by atoms with E-state index in [1.807, 2.05) is 25.1 Å². The monoisotopic (exact) mass is 251 g/mol. The van der Waals surface area contributed by atoms with E-state index in [4.69, 9.17) is 5.11 Å². The van der Waals surface area contributed by atoms with E-state index in [1.54, 1.807) is 10.0 Å². The molecule has 0 aliphatic carbocycles. The average Bonchev–Trinajstić information content (AvgIpc) is 2.64. The first-order valence-electron chi connectivity index (χ1n) is 5.45. The van der Waals surface area contributed by atoms with Crippen LogP contribution in [0.15, 0.2) is 29.1 Å². The van der Waals surface area contributed by atoms with Crippen molar-refractivity contribution in [1.82, 2.24) is 3.96 Å². The highest BCUT2D eigenvalue weighted by atomic mass is 32.1. The Morgan fingerprint density at radius 1 is 1.47 bits per heavy atom. The van der Waals surface area contributed by atoms with E-state index in [1.165, 1.54) is 11.5 Å². The van der Waals surface area contributed by atoms with Crippen LogP contribution in [-0.2, 0) is 4.79 Å². The van der Waals surface area contributed by atoms with Crippen LogP contribution in [-0.4, -0.2) is 15.0 Å². The molecule has 0 bridgehead atoms. The molecule has 0 saturated carbocycles. The lowest BCUT2D eigenvalue weighted by Gasteiger charge is -2.11. The number of nitrogens with zero attached hydrogens (tertiary/aromatic N) is 1. The van der Waals surface area contributed by atoms with E-state index in [0.717, 1.165) is 4.70 Å². The lowest BCUT2D eigenvalue weighted by Crippen LogP contribution is -2.21. The topological polar surface area (TPSA) is 59.3 Å². The molecule has 2 aromatic rings. The lowest BCUT2D eigenvalue weighted by molar-refractivity contribution is -0.137. The number of aromatic nitrogens is 1. The maximum Gasteiger partial charge on any atom is 0.305 e. The minimum atomic E-state index is -0.874. The Labute approximate surface area is 102 Å². The van der Waals surface area contributed by atoms with Crippen LogP contribution in [0, 0.1) is 0 Å². The largest absolute Gasteiger partial charge is 0.481 e. The summed E-state index contributed by atoms with van der Waals surface area (Å²) in [4.78, 5) is 22.8. The molecular weight excluding hydrogens is 238 g/mol. The fourth-order valence-corrected chi connectivity index (χ4v) is 2.98. The van der Waals surface area contributed by atoms with Gasteiger partial charge in [-0.1, -0.05) is 30.6 Å². The van der Waals surface area contributed by atoms with Crippen molar-refractivity contribution in [3.05, 3.63) is 34.6 Å². The van der Waals surface area contributed by atoms with E-state index >= 15 is 0 Å². The van der Waals surface area contributed by atoms with Gasteiger partial charge < -0.3 is 5.11 Å². The van der Waals surface area contributed by atoms with Crippen molar-refractivity contribution in [1.29, 1.82) is 0 Å². The van der Waals surface area contributed by atoms with Gasteiger partial charge in [-0.05, 0) is 18.6 Å². The zero-order valence-electron chi connectivity index (χ0n) is 9.42. The van der Waals surface area contributed by atoms with Crippen molar-refractivity contribution < 1.29 is 9.90 Å². The average molecular weight is 251 g/mol. The zero-order valence-corrected chi connectivity index (χ0v) is 10.2. The normalized spacial score (nSPS) is 12.8. The zero-order chi connectivity index (χ0) is 12.4. The quantitative estimate of drug-likeness (QED) is 0.908. The third kappa shape index (κ3) is 2.24. The smallest absolute Gasteiger partial charge is 0.305 e. The van der Waals surface area contributed by atoms with Crippen LogP contribution in [0.3, 0.4) is 0 Å². The van der Waals surface area contributed by atoms with Gasteiger partial charge in [-0.25, -0.2) is 0 Å². The van der Waals surface area contributed by atoms with E-state index in [0.29, 0.717) is 11.8 Å². The fraction of sp³-hybridized carbons (Fsp3) is 0.333. The second-order valence-corrected chi connectivity index (χ2v) is 4.89. The highest BCUT2D eigenvalue weighted by Crippen LogP contribution is 2.23. The van der Waals surface area contributed by atoms with E-state index in [9.17, 15) is 9.59 Å². The number of carboxylic acids is 1. The van der Waals surface area contributed by atoms with E-state index < -0.39 is 5.97 Å². The SMILES string of the molecule is CCC(CC(=O)O)n1sc2ccccc2c1=O. The molecule has 90 valence electrons. The Morgan fingerprint density at radius 3 is 2.76 bits per heavy atom. The Balaban J connectivity index is 2.50. The number of fused-ring (bicyclic) bond motifs is 1. The van der Waals surface area contributed by atoms with Crippen LogP contribution in [0.1, 0.15) is 25.8 Å². The molecule has 0 saturated heterocycles. The summed E-state index contributed by atoms with van der Waals surface area (Å²) in [5, 5.41) is 9.50. The molecule has 1 unspecified atom stereocenters. The molecule has 4 nitrogen and oxygen atoms in total. The molecule has 1 aromatic heterocycles. The van der Waals surface area contributed by atoms with Crippen LogP contribution >= 0.6 is 11.5 Å². The summed E-state index contributed by atoms with van der Waals surface area (Å²) in [5.74, 6) is -0.874. The van der Waals surface area contributed by atoms with Crippen molar-refractivity contribution in [3.63, 3.8) is 0 Å². The third-order valence-corrected chi connectivity index (χ3v) is 3.94. The first-order valence-corrected chi connectivity index (χ1v) is 6.23. The summed E-state index contributed by atoms with van der Waals surface area (Å²) in [6, 6.07) is 7.10. The van der Waals surface area contributed by atoms with E-state index in [-0.39, 0.29) is 18.0 Å². The maximum absolute atomic E-state index is 12.1. The summed E-state index contributed by atoms with van der Waals surface area (Å²) in [7, 11) is 0. The van der Waals surface area contributed by atoms with Gasteiger partial charge in [0.25, 0.3) is 5.56 Å². The predicted molar refractivity (Wildman–Crippen MR) is 67.7 cm³/mol. The van der Waals surface area contributed by atoms with Gasteiger partial charge in [0.15, 0.2) is 0 Å². The van der Waals surface area contributed by atoms with Gasteiger partial charge in [-0.15, -0.1) is 0 Å². The summed E-state index contributed by atoms with van der Waals surface area (Å²) in [5.41, 5.74) is -0.0845. The molecule has 5 heteroatoms. The van der Waals surface area contributed by atoms with E-state index in [2.05, 4.69) is 0 Å². The van der Waals surface area contributed by atoms with Gasteiger partial charge in [0, 0.05) is 0 Å². The Bertz CT molecular complexity index is 599. The molecule has 1 N–H and O–H groups in total. The van der Waals surface area contributed by atoms with Crippen molar-refractivity contribution in [3.8, 4) is 0 Å². The van der Waals surface area contributed by atoms with Crippen LogP contribution in [0.2, 0.25) is 0 Å². The van der Waals surface area contributed by atoms with Crippen molar-refractivity contribution in [2.75, 3.05) is 0 Å². The van der Waals surface area contributed by atoms with Crippen LogP contribution < -0.4 is 5.56 Å². The molecule has 0 radical (unpaired) electrons. The first-order chi connectivity index (χ1) is 8.13. The van der Waals surface area contributed by atoms with Gasteiger partial charge in [-0.3, -0.25) is 13.5 Å². The molecule has 0 aliphatic rings. The molecule has 1 heterocycles. The fourth-order valence-electron chi connectivity index (χ4n) is 1.82. The van der Waals surface area contributed by atoms with Crippen LogP contribution in [0.4, 0.5) is 0 Å². The van der Waals surface area contributed by atoms with Gasteiger partial charge >= 0.3 is 5.97 Å². The number of rotatable bonds is 4. The molecule has 17 heavy (non-hydrogen) atoms. The predicted octanol–water partition coefficient (Wildman–Crippen LogP) is 2.49. The molecule has 1 aromatic carbocycles. The summed E-state index contributed by atoms with van der Waals surface area (Å²) in [6.07, 6.45) is 0.627. The summed E-state index contributed by atoms with van der Waals surface area (Å²) in [6.45, 7) is 1.89. The number of carbonyl (C=O) groups is 1. The molecular formula is C12H13NO3S. The Morgan fingerprint density at radius 2 is 2.18 bits per heavy atom. The Hall–Kier alpha value is -1.62. The van der Waals surface area contributed by atoms with Crippen LogP contribution in [0.5, 0.6) is 0 Å². The maximum atomic E-state index is 12.1. The van der Waals surface area contributed by atoms with Gasteiger partial charge in [0.05, 0.1) is 22.5 Å².